The van der Waals surface area contributed by atoms with Crippen LogP contribution in [0.15, 0.2) is 54.6 Å². The number of hydrogen-bond donors (Lipinski definition) is 1. The van der Waals surface area contributed by atoms with Crippen LogP contribution >= 0.6 is 0 Å². The standard InChI is InChI=1S/C21H25N3O2/c1-15(2)22-21(26)23-13-14-24(20(25)16(23)3)19-12-8-7-11-18(19)17-9-5-4-6-10-17/h4-12,15-16H,13-14H2,1-3H3,(H,22,26). The van der Waals surface area contributed by atoms with E-state index in [1.54, 1.807) is 16.7 Å². The number of hydrogen-bond acceptors (Lipinski definition) is 2. The van der Waals surface area contributed by atoms with E-state index in [0.29, 0.717) is 13.1 Å². The molecule has 1 unspecified atom stereocenters. The molecule has 0 radical (unpaired) electrons. The summed E-state index contributed by atoms with van der Waals surface area (Å²) in [6.45, 7) is 6.61. The van der Waals surface area contributed by atoms with Gasteiger partial charge in [0.15, 0.2) is 0 Å². The lowest BCUT2D eigenvalue weighted by atomic mass is 10.0. The lowest BCUT2D eigenvalue weighted by molar-refractivity contribution is -0.124. The fourth-order valence-corrected chi connectivity index (χ4v) is 3.29. The third kappa shape index (κ3) is 3.57. The number of carbonyl (C=O) groups is 2. The molecule has 0 spiro atoms. The first-order chi connectivity index (χ1) is 12.5. The van der Waals surface area contributed by atoms with Gasteiger partial charge in [-0.25, -0.2) is 4.79 Å². The van der Waals surface area contributed by atoms with Gasteiger partial charge in [0.05, 0.1) is 5.69 Å². The molecule has 5 heteroatoms. The maximum Gasteiger partial charge on any atom is 0.318 e. The Morgan fingerprint density at radius 3 is 2.38 bits per heavy atom. The average Bonchev–Trinajstić information content (AvgIpc) is 2.64. The predicted molar refractivity (Wildman–Crippen MR) is 104 cm³/mol. The van der Waals surface area contributed by atoms with Crippen molar-refractivity contribution >= 4 is 17.6 Å². The van der Waals surface area contributed by atoms with Gasteiger partial charge in [-0.3, -0.25) is 4.79 Å². The summed E-state index contributed by atoms with van der Waals surface area (Å²) in [6, 6.07) is 17.3. The van der Waals surface area contributed by atoms with Crippen molar-refractivity contribution in [3.8, 4) is 11.1 Å². The predicted octanol–water partition coefficient (Wildman–Crippen LogP) is 3.51. The zero-order valence-corrected chi connectivity index (χ0v) is 15.5. The number of benzene rings is 2. The van der Waals surface area contributed by atoms with Crippen LogP contribution in [-0.4, -0.2) is 42.0 Å². The molecule has 1 fully saturated rings. The first kappa shape index (κ1) is 18.0. The zero-order valence-electron chi connectivity index (χ0n) is 15.5. The van der Waals surface area contributed by atoms with Crippen molar-refractivity contribution in [3.63, 3.8) is 0 Å². The van der Waals surface area contributed by atoms with Crippen molar-refractivity contribution in [2.75, 3.05) is 18.0 Å². The second-order valence-corrected chi connectivity index (χ2v) is 6.85. The second kappa shape index (κ2) is 7.60. The highest BCUT2D eigenvalue weighted by molar-refractivity contribution is 6.02. The van der Waals surface area contributed by atoms with Gasteiger partial charge in [0, 0.05) is 24.7 Å². The maximum atomic E-state index is 13.0. The molecule has 1 aliphatic heterocycles. The van der Waals surface area contributed by atoms with Gasteiger partial charge in [-0.15, -0.1) is 0 Å². The first-order valence-corrected chi connectivity index (χ1v) is 9.02. The summed E-state index contributed by atoms with van der Waals surface area (Å²) in [5, 5.41) is 2.87. The SMILES string of the molecule is CC(C)NC(=O)N1CCN(c2ccccc2-c2ccccc2)C(=O)C1C. The molecular formula is C21H25N3O2. The van der Waals surface area contributed by atoms with Crippen LogP contribution in [0.5, 0.6) is 0 Å². The minimum Gasteiger partial charge on any atom is -0.336 e. The lowest BCUT2D eigenvalue weighted by Gasteiger charge is -2.40. The van der Waals surface area contributed by atoms with Gasteiger partial charge in [0.25, 0.3) is 0 Å². The minimum atomic E-state index is -0.494. The largest absolute Gasteiger partial charge is 0.336 e. The molecule has 0 aliphatic carbocycles. The molecule has 1 N–H and O–H groups in total. The summed E-state index contributed by atoms with van der Waals surface area (Å²) >= 11 is 0. The number of nitrogens with zero attached hydrogens (tertiary/aromatic N) is 2. The first-order valence-electron chi connectivity index (χ1n) is 9.02. The maximum absolute atomic E-state index is 13.0. The Morgan fingerprint density at radius 1 is 1.04 bits per heavy atom. The number of anilines is 1. The van der Waals surface area contributed by atoms with Crippen molar-refractivity contribution in [3.05, 3.63) is 54.6 Å². The summed E-state index contributed by atoms with van der Waals surface area (Å²) in [4.78, 5) is 28.8. The molecule has 2 aromatic carbocycles. The van der Waals surface area contributed by atoms with Crippen molar-refractivity contribution in [1.29, 1.82) is 0 Å². The zero-order chi connectivity index (χ0) is 18.7. The lowest BCUT2D eigenvalue weighted by Crippen LogP contribution is -2.60. The molecule has 1 aliphatic rings. The van der Waals surface area contributed by atoms with E-state index in [0.717, 1.165) is 16.8 Å². The van der Waals surface area contributed by atoms with E-state index in [1.807, 2.05) is 68.4 Å². The minimum absolute atomic E-state index is 0.0432. The molecule has 3 amide bonds. The number of piperazine rings is 1. The summed E-state index contributed by atoms with van der Waals surface area (Å²) in [5.74, 6) is -0.0569. The Labute approximate surface area is 154 Å². The van der Waals surface area contributed by atoms with Crippen LogP contribution in [0.25, 0.3) is 11.1 Å². The van der Waals surface area contributed by atoms with Crippen LogP contribution in [0.4, 0.5) is 10.5 Å². The van der Waals surface area contributed by atoms with Gasteiger partial charge in [-0.1, -0.05) is 48.5 Å². The molecule has 5 nitrogen and oxygen atoms in total. The van der Waals surface area contributed by atoms with Gasteiger partial charge in [0.2, 0.25) is 5.91 Å². The quantitative estimate of drug-likeness (QED) is 0.920. The molecule has 1 saturated heterocycles. The van der Waals surface area contributed by atoms with E-state index < -0.39 is 6.04 Å². The monoisotopic (exact) mass is 351 g/mol. The van der Waals surface area contributed by atoms with Crippen molar-refractivity contribution in [1.82, 2.24) is 10.2 Å². The second-order valence-electron chi connectivity index (χ2n) is 6.85. The highest BCUT2D eigenvalue weighted by Crippen LogP contribution is 2.32. The third-order valence-corrected chi connectivity index (χ3v) is 4.61. The highest BCUT2D eigenvalue weighted by Gasteiger charge is 2.35. The van der Waals surface area contributed by atoms with Crippen LogP contribution < -0.4 is 10.2 Å². The number of urea groups is 1. The van der Waals surface area contributed by atoms with E-state index in [2.05, 4.69) is 5.32 Å². The average molecular weight is 351 g/mol. The van der Waals surface area contributed by atoms with Gasteiger partial charge in [-0.05, 0) is 32.4 Å². The number of para-hydroxylation sites is 1. The van der Waals surface area contributed by atoms with Crippen molar-refractivity contribution < 1.29 is 9.59 Å². The van der Waals surface area contributed by atoms with Gasteiger partial charge >= 0.3 is 6.03 Å². The van der Waals surface area contributed by atoms with Crippen LogP contribution in [0, 0.1) is 0 Å². The van der Waals surface area contributed by atoms with Gasteiger partial charge in [-0.2, -0.15) is 0 Å². The molecule has 0 aromatic heterocycles. The topological polar surface area (TPSA) is 52.7 Å². The summed E-state index contributed by atoms with van der Waals surface area (Å²) < 4.78 is 0. The van der Waals surface area contributed by atoms with E-state index in [-0.39, 0.29) is 18.0 Å². The fraction of sp³-hybridized carbons (Fsp3) is 0.333. The van der Waals surface area contributed by atoms with E-state index in [9.17, 15) is 9.59 Å². The fourth-order valence-electron chi connectivity index (χ4n) is 3.29. The number of carbonyl (C=O) groups excluding carboxylic acids is 2. The summed E-state index contributed by atoms with van der Waals surface area (Å²) in [6.07, 6.45) is 0. The van der Waals surface area contributed by atoms with Crippen LogP contribution in [0.2, 0.25) is 0 Å². The van der Waals surface area contributed by atoms with Crippen LogP contribution in [0.1, 0.15) is 20.8 Å². The Bertz CT molecular complexity index is 789. The van der Waals surface area contributed by atoms with E-state index in [1.165, 1.54) is 0 Å². The van der Waals surface area contributed by atoms with Gasteiger partial charge < -0.3 is 15.1 Å². The van der Waals surface area contributed by atoms with Gasteiger partial charge in [0.1, 0.15) is 6.04 Å². The Morgan fingerprint density at radius 2 is 1.69 bits per heavy atom. The molecule has 1 atom stereocenters. The third-order valence-electron chi connectivity index (χ3n) is 4.61. The van der Waals surface area contributed by atoms with Crippen molar-refractivity contribution in [2.24, 2.45) is 0 Å². The molecule has 3 rings (SSSR count). The molecule has 0 bridgehead atoms. The van der Waals surface area contributed by atoms with Crippen LogP contribution in [0.3, 0.4) is 0 Å². The number of nitrogens with one attached hydrogen (secondary N) is 1. The van der Waals surface area contributed by atoms with Crippen molar-refractivity contribution in [2.45, 2.75) is 32.9 Å². The Balaban J connectivity index is 1.87. The molecule has 2 aromatic rings. The van der Waals surface area contributed by atoms with E-state index in [4.69, 9.17) is 0 Å². The van der Waals surface area contributed by atoms with E-state index >= 15 is 0 Å². The Kier molecular flexibility index (Phi) is 5.26. The smallest absolute Gasteiger partial charge is 0.318 e. The van der Waals surface area contributed by atoms with Crippen LogP contribution in [-0.2, 0) is 4.79 Å². The molecule has 26 heavy (non-hydrogen) atoms. The molecule has 1 heterocycles. The Hall–Kier alpha value is -2.82. The molecular weight excluding hydrogens is 326 g/mol. The molecule has 0 saturated carbocycles. The number of rotatable bonds is 3. The number of amides is 3. The molecule has 136 valence electrons. The highest BCUT2D eigenvalue weighted by atomic mass is 16.2. The summed E-state index contributed by atoms with van der Waals surface area (Å²) in [7, 11) is 0. The normalized spacial score (nSPS) is 17.5. The summed E-state index contributed by atoms with van der Waals surface area (Å²) in [5.41, 5.74) is 2.98.